The van der Waals surface area contributed by atoms with Gasteiger partial charge in [0.25, 0.3) is 0 Å². The van der Waals surface area contributed by atoms with Crippen molar-refractivity contribution in [1.29, 1.82) is 0 Å². The predicted molar refractivity (Wildman–Crippen MR) is 296 cm³/mol. The molecule has 0 spiro atoms. The fourth-order valence-corrected chi connectivity index (χ4v) is 15.5. The van der Waals surface area contributed by atoms with Crippen LogP contribution in [-0.2, 0) is 36.2 Å². The third-order valence-electron chi connectivity index (χ3n) is 17.9. The first-order chi connectivity index (χ1) is 33.2. The van der Waals surface area contributed by atoms with Crippen LogP contribution in [0, 0.1) is 73.5 Å². The minimum atomic E-state index is -4.07. The summed E-state index contributed by atoms with van der Waals surface area (Å²) in [6.07, 6.45) is 12.9. The molecule has 370 valence electrons. The molecule has 0 nitrogen and oxygen atoms in total. The Balaban J connectivity index is 0.000000160. The van der Waals surface area contributed by atoms with E-state index >= 15 is 0 Å². The number of alkyl halides is 3. The summed E-state index contributed by atoms with van der Waals surface area (Å²) < 4.78 is 32.2. The van der Waals surface area contributed by atoms with E-state index in [0.717, 1.165) is 59.2 Å². The van der Waals surface area contributed by atoms with Gasteiger partial charge in [0.15, 0.2) is 0 Å². The molecule has 0 N–H and O–H groups in total. The summed E-state index contributed by atoms with van der Waals surface area (Å²) in [4.78, 5) is 0. The average Bonchev–Trinajstić information content (AvgIpc) is 3.98. The number of hydrogen-bond donors (Lipinski definition) is 0. The van der Waals surface area contributed by atoms with E-state index in [2.05, 4.69) is 159 Å². The topological polar surface area (TPSA) is 0 Å². The monoisotopic (exact) mass is 1080 g/mol. The van der Waals surface area contributed by atoms with E-state index in [1.807, 2.05) is 0 Å². The van der Waals surface area contributed by atoms with Crippen LogP contribution in [0.2, 0.25) is 0 Å². The molecular weight excluding hydrogens is 1020 g/mol. The first kappa shape index (κ1) is 53.8. The maximum absolute atomic E-state index is 10.7. The smallest absolute Gasteiger partial charge is 0.0114 e. The molecule has 0 aliphatic heterocycles. The second kappa shape index (κ2) is 23.0. The zero-order valence-corrected chi connectivity index (χ0v) is 46.1. The summed E-state index contributed by atoms with van der Waals surface area (Å²) in [6.45, 7) is 5.69. The van der Waals surface area contributed by atoms with Crippen molar-refractivity contribution in [3.63, 3.8) is 0 Å². The van der Waals surface area contributed by atoms with Crippen molar-refractivity contribution in [3.8, 4) is 22.3 Å². The maximum Gasteiger partial charge on any atom is -0.0114 e. The number of rotatable bonds is 6. The van der Waals surface area contributed by atoms with Crippen molar-refractivity contribution in [2.24, 2.45) is 59.2 Å². The van der Waals surface area contributed by atoms with Gasteiger partial charge in [-0.2, -0.15) is 25.3 Å². The molecule has 0 atom stereocenters. The third-order valence-corrected chi connectivity index (χ3v) is 17.9. The van der Waals surface area contributed by atoms with E-state index < -0.39 is 12.6 Å². The standard InChI is InChI=1S/2C30H29.C3H4F3.CH3.2ClH.Si.Zr/c2*1-2-8-26-22(5-1)6-3-9-27(26)28-10-4-7-23-12-21(18-30(23)28)17-29-24-13-19-11-20(15-24)16-25(29)14-19;1-2-3(4,5)6;;;;;/h2*1-10,12,18-20,24-25,29H,11,13-17H2;1-2H2;1H3;2*1H;;/q4*-1;;;;. The van der Waals surface area contributed by atoms with Crippen LogP contribution in [0.5, 0.6) is 0 Å². The summed E-state index contributed by atoms with van der Waals surface area (Å²) in [6, 6.07) is 54.8. The molecule has 8 bridgehead atoms. The van der Waals surface area contributed by atoms with Crippen LogP contribution in [-0.4, -0.2) is 13.1 Å². The van der Waals surface area contributed by atoms with Crippen molar-refractivity contribution < 1.29 is 36.5 Å². The minimum Gasteiger partial charge on any atom is -0.164 e. The van der Waals surface area contributed by atoms with Crippen LogP contribution in [0.4, 0.5) is 13.2 Å². The molecule has 7 heteroatoms. The maximum atomic E-state index is 10.7. The quantitative estimate of drug-likeness (QED) is 0.115. The van der Waals surface area contributed by atoms with Crippen molar-refractivity contribution in [1.82, 2.24) is 0 Å². The van der Waals surface area contributed by atoms with Crippen molar-refractivity contribution in [2.75, 3.05) is 0 Å². The van der Waals surface area contributed by atoms with E-state index in [4.69, 9.17) is 0 Å². The van der Waals surface area contributed by atoms with E-state index in [0.29, 0.717) is 0 Å². The summed E-state index contributed by atoms with van der Waals surface area (Å²) >= 11 is 1.36. The largest absolute Gasteiger partial charge is 0.164 e. The van der Waals surface area contributed by atoms with Crippen LogP contribution >= 0.6 is 24.8 Å². The predicted octanol–water partition coefficient (Wildman–Crippen LogP) is 18.7. The van der Waals surface area contributed by atoms with Gasteiger partial charge >= 0.3 is 36.4 Å². The first-order valence-electron chi connectivity index (χ1n) is 25.6. The van der Waals surface area contributed by atoms with Crippen LogP contribution in [0.1, 0.15) is 81.8 Å². The molecule has 16 rings (SSSR count). The van der Waals surface area contributed by atoms with Gasteiger partial charge in [-0.3, -0.25) is 0 Å². The molecule has 8 aliphatic carbocycles. The van der Waals surface area contributed by atoms with Crippen molar-refractivity contribution in [2.45, 2.75) is 89.6 Å². The molecule has 8 aromatic carbocycles. The minimum absolute atomic E-state index is 0. The van der Waals surface area contributed by atoms with Crippen molar-refractivity contribution in [3.05, 3.63) is 171 Å². The molecule has 0 heterocycles. The van der Waals surface area contributed by atoms with Gasteiger partial charge in [-0.25, -0.2) is 0 Å². The fourth-order valence-electron chi connectivity index (χ4n) is 15.5. The number of hydrogen-bond acceptors (Lipinski definition) is 0. The van der Waals surface area contributed by atoms with E-state index in [1.165, 1.54) is 153 Å². The third kappa shape index (κ3) is 11.2. The second-order valence-electron chi connectivity index (χ2n) is 21.9. The van der Waals surface area contributed by atoms with Crippen LogP contribution in [0.3, 0.4) is 0 Å². The summed E-state index contributed by atoms with van der Waals surface area (Å²) in [5.41, 5.74) is 8.67. The first-order valence-corrected chi connectivity index (χ1v) is 29.8. The fraction of sp³-hybridized carbons (Fsp3) is 0.375. The Morgan fingerprint density at radius 3 is 1.08 bits per heavy atom. The Kier molecular flexibility index (Phi) is 17.4. The summed E-state index contributed by atoms with van der Waals surface area (Å²) in [5, 5.41) is 11.1. The average molecular weight is 1080 g/mol. The summed E-state index contributed by atoms with van der Waals surface area (Å²) in [5.74, 6) is 10.2. The molecule has 8 aliphatic rings. The van der Waals surface area contributed by atoms with Crippen LogP contribution in [0.25, 0.3) is 65.3 Å². The van der Waals surface area contributed by atoms with Gasteiger partial charge in [0.1, 0.15) is 0 Å². The molecule has 71 heavy (non-hydrogen) atoms. The molecular formula is C64H67Cl2F3SiZr-4. The van der Waals surface area contributed by atoms with Crippen LogP contribution < -0.4 is 0 Å². The van der Waals surface area contributed by atoms with Gasteiger partial charge in [0, 0.05) is 0 Å². The Morgan fingerprint density at radius 2 is 0.746 bits per heavy atom. The van der Waals surface area contributed by atoms with Gasteiger partial charge in [-0.1, -0.05) is 115 Å². The van der Waals surface area contributed by atoms with Gasteiger partial charge < -0.3 is 14.4 Å². The molecule has 2 radical (unpaired) electrons. The number of halogens is 5. The normalized spacial score (nSPS) is 26.2. The molecule has 8 saturated carbocycles. The second-order valence-corrected chi connectivity index (χ2v) is 21.9. The number of fused-ring (bicyclic) bond motifs is 4. The zero-order valence-electron chi connectivity index (χ0n) is 41.0. The van der Waals surface area contributed by atoms with Crippen LogP contribution in [0.15, 0.2) is 146 Å². The van der Waals surface area contributed by atoms with Gasteiger partial charge in [-0.15, -0.1) is 93.9 Å². The van der Waals surface area contributed by atoms with Crippen molar-refractivity contribution >= 4 is 74.8 Å². The van der Waals surface area contributed by atoms with Gasteiger partial charge in [-0.05, 0) is 169 Å². The Morgan fingerprint density at radius 1 is 0.451 bits per heavy atom. The summed E-state index contributed by atoms with van der Waals surface area (Å²) in [7, 11) is 0. The molecule has 0 saturated heterocycles. The van der Waals surface area contributed by atoms with E-state index in [1.54, 1.807) is 24.0 Å². The van der Waals surface area contributed by atoms with Gasteiger partial charge in [0.2, 0.25) is 0 Å². The molecule has 0 unspecified atom stereocenters. The van der Waals surface area contributed by atoms with E-state index in [9.17, 15) is 13.2 Å². The Hall–Kier alpha value is -3.47. The van der Waals surface area contributed by atoms with E-state index in [-0.39, 0.29) is 32.2 Å². The molecule has 0 amide bonds. The SMILES string of the molecule is Cl.Cl.[CH2-]CC(F)(F)F.[CH3-].[Si]=[Zr].c1ccc2c(-c3cccc4[cH-]c(CC5C6CC7CC(C6)CC5C7)cc34)cccc2c1.c1ccc2c(-c3cccc4[cH-]c(CC5C6CC7CC(C6)CC5C7)cc34)cccc2c1. The zero-order chi connectivity index (χ0) is 46.5. The molecule has 8 fully saturated rings. The Labute approximate surface area is 450 Å². The van der Waals surface area contributed by atoms with Gasteiger partial charge in [0.05, 0.1) is 0 Å². The number of benzene rings is 6. The Bertz CT molecular complexity index is 2790. The molecule has 8 aromatic rings. The molecule has 0 aromatic heterocycles.